The van der Waals surface area contributed by atoms with Crippen LogP contribution in [0.4, 0.5) is 5.69 Å². The summed E-state index contributed by atoms with van der Waals surface area (Å²) in [5, 5.41) is 3.63. The summed E-state index contributed by atoms with van der Waals surface area (Å²) in [6.45, 7) is 2.01. The highest BCUT2D eigenvalue weighted by molar-refractivity contribution is 7.92. The fourth-order valence-corrected chi connectivity index (χ4v) is 5.50. The SMILES string of the molecule is CCCCNC(=O)[C@@H](Cc1ccccc1)N(Cc1cccc(Cl)c1)C(=O)CN(c1ccccc1Cl)S(C)(=O)=O. The Kier molecular flexibility index (Phi) is 11.2. The molecule has 208 valence electrons. The first kappa shape index (κ1) is 30.5. The van der Waals surface area contributed by atoms with E-state index in [1.54, 1.807) is 36.4 Å². The molecule has 39 heavy (non-hydrogen) atoms. The van der Waals surface area contributed by atoms with Gasteiger partial charge in [0.2, 0.25) is 21.8 Å². The molecule has 10 heteroatoms. The summed E-state index contributed by atoms with van der Waals surface area (Å²) in [5.41, 5.74) is 1.76. The van der Waals surface area contributed by atoms with Crippen LogP contribution in [-0.2, 0) is 32.6 Å². The van der Waals surface area contributed by atoms with Crippen LogP contribution in [0.15, 0.2) is 78.9 Å². The van der Waals surface area contributed by atoms with Gasteiger partial charge in [-0.15, -0.1) is 0 Å². The van der Waals surface area contributed by atoms with Crippen molar-refractivity contribution in [2.75, 3.05) is 23.7 Å². The molecule has 0 saturated heterocycles. The van der Waals surface area contributed by atoms with Crippen molar-refractivity contribution in [2.24, 2.45) is 0 Å². The number of hydrogen-bond acceptors (Lipinski definition) is 4. The standard InChI is InChI=1S/C29H33Cl2N3O4S/c1-3-4-17-32-29(36)27(19-22-11-6-5-7-12-22)33(20-23-13-10-14-24(30)18-23)28(35)21-34(39(2,37)38)26-16-9-8-15-25(26)31/h5-16,18,27H,3-4,17,19-21H2,1-2H3,(H,32,36)/t27-/m1/s1. The molecule has 7 nitrogen and oxygen atoms in total. The first-order valence-electron chi connectivity index (χ1n) is 12.7. The number of rotatable bonds is 13. The molecule has 3 aromatic rings. The van der Waals surface area contributed by atoms with E-state index in [9.17, 15) is 18.0 Å². The summed E-state index contributed by atoms with van der Waals surface area (Å²) in [6, 6.07) is 21.9. The minimum atomic E-state index is -3.89. The molecule has 3 aromatic carbocycles. The Morgan fingerprint density at radius 2 is 1.59 bits per heavy atom. The second kappa shape index (κ2) is 14.4. The summed E-state index contributed by atoms with van der Waals surface area (Å²) in [4.78, 5) is 29.0. The van der Waals surface area contributed by atoms with E-state index in [1.807, 2.05) is 43.3 Å². The Balaban J connectivity index is 2.04. The molecule has 1 N–H and O–H groups in total. The first-order valence-corrected chi connectivity index (χ1v) is 15.3. The molecule has 0 spiro atoms. The van der Waals surface area contributed by atoms with Gasteiger partial charge in [-0.3, -0.25) is 13.9 Å². The van der Waals surface area contributed by atoms with Gasteiger partial charge < -0.3 is 10.2 Å². The number of hydrogen-bond donors (Lipinski definition) is 1. The summed E-state index contributed by atoms with van der Waals surface area (Å²) < 4.78 is 26.6. The predicted molar refractivity (Wildman–Crippen MR) is 157 cm³/mol. The van der Waals surface area contributed by atoms with Gasteiger partial charge in [-0.1, -0.05) is 91.1 Å². The van der Waals surface area contributed by atoms with Crippen LogP contribution in [0.2, 0.25) is 10.0 Å². The zero-order valence-corrected chi connectivity index (χ0v) is 24.3. The van der Waals surface area contributed by atoms with Gasteiger partial charge in [-0.2, -0.15) is 0 Å². The van der Waals surface area contributed by atoms with Crippen molar-refractivity contribution in [1.29, 1.82) is 0 Å². The number of amides is 2. The van der Waals surface area contributed by atoms with E-state index in [4.69, 9.17) is 23.2 Å². The number of para-hydroxylation sites is 1. The van der Waals surface area contributed by atoms with E-state index in [0.717, 1.165) is 29.0 Å². The summed E-state index contributed by atoms with van der Waals surface area (Å²) in [6.07, 6.45) is 2.95. The lowest BCUT2D eigenvalue weighted by molar-refractivity contribution is -0.140. The van der Waals surface area contributed by atoms with E-state index in [1.165, 1.54) is 11.0 Å². The topological polar surface area (TPSA) is 86.8 Å². The van der Waals surface area contributed by atoms with Crippen molar-refractivity contribution < 1.29 is 18.0 Å². The van der Waals surface area contributed by atoms with Crippen molar-refractivity contribution in [1.82, 2.24) is 10.2 Å². The number of benzene rings is 3. The number of carbonyl (C=O) groups is 2. The predicted octanol–water partition coefficient (Wildman–Crippen LogP) is 5.32. The van der Waals surface area contributed by atoms with Crippen LogP contribution in [0.25, 0.3) is 0 Å². The zero-order chi connectivity index (χ0) is 28.4. The van der Waals surface area contributed by atoms with E-state index in [-0.39, 0.29) is 29.6 Å². The normalized spacial score (nSPS) is 12.0. The van der Waals surface area contributed by atoms with Crippen LogP contribution in [0.1, 0.15) is 30.9 Å². The van der Waals surface area contributed by atoms with Gasteiger partial charge >= 0.3 is 0 Å². The lowest BCUT2D eigenvalue weighted by Gasteiger charge is -2.33. The molecule has 0 aliphatic carbocycles. The number of halogens is 2. The number of nitrogens with zero attached hydrogens (tertiary/aromatic N) is 2. The van der Waals surface area contributed by atoms with Gasteiger partial charge in [0.05, 0.1) is 17.0 Å². The summed E-state index contributed by atoms with van der Waals surface area (Å²) in [5.74, 6) is -0.863. The van der Waals surface area contributed by atoms with Crippen LogP contribution in [0, 0.1) is 0 Å². The van der Waals surface area contributed by atoms with Crippen LogP contribution in [-0.4, -0.2) is 50.5 Å². The highest BCUT2D eigenvalue weighted by Crippen LogP contribution is 2.28. The third kappa shape index (κ3) is 8.98. The van der Waals surface area contributed by atoms with Crippen molar-refractivity contribution in [2.45, 2.75) is 38.8 Å². The second-order valence-electron chi connectivity index (χ2n) is 9.22. The highest BCUT2D eigenvalue weighted by atomic mass is 35.5. The van der Waals surface area contributed by atoms with Crippen molar-refractivity contribution in [3.8, 4) is 0 Å². The Morgan fingerprint density at radius 3 is 2.23 bits per heavy atom. The summed E-state index contributed by atoms with van der Waals surface area (Å²) >= 11 is 12.5. The number of anilines is 1. The molecule has 3 rings (SSSR count). The lowest BCUT2D eigenvalue weighted by Crippen LogP contribution is -2.53. The monoisotopic (exact) mass is 589 g/mol. The molecule has 2 amide bonds. The molecule has 0 saturated carbocycles. The number of sulfonamides is 1. The minimum Gasteiger partial charge on any atom is -0.354 e. The maximum Gasteiger partial charge on any atom is 0.244 e. The fourth-order valence-electron chi connectivity index (χ4n) is 4.14. The Bertz CT molecular complexity index is 1370. The molecule has 0 aliphatic heterocycles. The number of carbonyl (C=O) groups excluding carboxylic acids is 2. The van der Waals surface area contributed by atoms with E-state index < -0.39 is 28.5 Å². The smallest absolute Gasteiger partial charge is 0.244 e. The highest BCUT2D eigenvalue weighted by Gasteiger charge is 2.33. The third-order valence-electron chi connectivity index (χ3n) is 6.14. The van der Waals surface area contributed by atoms with Gasteiger partial charge in [-0.05, 0) is 41.8 Å². The van der Waals surface area contributed by atoms with Crippen molar-refractivity contribution in [3.63, 3.8) is 0 Å². The zero-order valence-electron chi connectivity index (χ0n) is 22.0. The Labute approximate surface area is 240 Å². The molecule has 0 radical (unpaired) electrons. The largest absolute Gasteiger partial charge is 0.354 e. The quantitative estimate of drug-likeness (QED) is 0.273. The third-order valence-corrected chi connectivity index (χ3v) is 7.82. The van der Waals surface area contributed by atoms with Crippen molar-refractivity contribution in [3.05, 3.63) is 100 Å². The maximum atomic E-state index is 14.0. The van der Waals surface area contributed by atoms with Crippen LogP contribution in [0.5, 0.6) is 0 Å². The van der Waals surface area contributed by atoms with E-state index >= 15 is 0 Å². The maximum absolute atomic E-state index is 14.0. The number of unbranched alkanes of at least 4 members (excludes halogenated alkanes) is 1. The molecule has 0 aromatic heterocycles. The van der Waals surface area contributed by atoms with E-state index in [0.29, 0.717) is 17.1 Å². The average Bonchev–Trinajstić information content (AvgIpc) is 2.90. The van der Waals surface area contributed by atoms with Crippen LogP contribution < -0.4 is 9.62 Å². The van der Waals surface area contributed by atoms with Crippen LogP contribution >= 0.6 is 23.2 Å². The second-order valence-corrected chi connectivity index (χ2v) is 12.0. The van der Waals surface area contributed by atoms with Gasteiger partial charge in [0.1, 0.15) is 12.6 Å². The van der Waals surface area contributed by atoms with E-state index in [2.05, 4.69) is 5.32 Å². The van der Waals surface area contributed by atoms with Gasteiger partial charge in [0.15, 0.2) is 0 Å². The molecular formula is C29H33Cl2N3O4S. The average molecular weight is 591 g/mol. The van der Waals surface area contributed by atoms with Gasteiger partial charge in [0, 0.05) is 24.5 Å². The molecule has 0 fully saturated rings. The van der Waals surface area contributed by atoms with Gasteiger partial charge in [-0.25, -0.2) is 8.42 Å². The molecule has 0 aliphatic rings. The first-order chi connectivity index (χ1) is 18.6. The molecule has 0 unspecified atom stereocenters. The number of nitrogens with one attached hydrogen (secondary N) is 1. The molecular weight excluding hydrogens is 557 g/mol. The minimum absolute atomic E-state index is 0.0538. The molecule has 1 atom stereocenters. The van der Waals surface area contributed by atoms with Gasteiger partial charge in [0.25, 0.3) is 0 Å². The molecule has 0 heterocycles. The fraction of sp³-hybridized carbons (Fsp3) is 0.310. The Hall–Kier alpha value is -3.07. The Morgan fingerprint density at radius 1 is 0.923 bits per heavy atom. The van der Waals surface area contributed by atoms with Crippen molar-refractivity contribution >= 4 is 50.7 Å². The molecule has 0 bridgehead atoms. The lowest BCUT2D eigenvalue weighted by atomic mass is 10.0. The van der Waals surface area contributed by atoms with Crippen LogP contribution in [0.3, 0.4) is 0 Å². The summed E-state index contributed by atoms with van der Waals surface area (Å²) in [7, 11) is -3.89.